The first-order chi connectivity index (χ1) is 19.7. The number of nitrogens with zero attached hydrogens (tertiary/aromatic N) is 4. The van der Waals surface area contributed by atoms with Crippen molar-refractivity contribution in [2.75, 3.05) is 67.7 Å². The highest BCUT2D eigenvalue weighted by Crippen LogP contribution is 2.27. The van der Waals surface area contributed by atoms with Crippen LogP contribution in [0.1, 0.15) is 28.8 Å². The van der Waals surface area contributed by atoms with Crippen LogP contribution < -0.4 is 26.6 Å². The van der Waals surface area contributed by atoms with Crippen molar-refractivity contribution >= 4 is 40.6 Å². The van der Waals surface area contributed by atoms with E-state index in [1.807, 2.05) is 12.1 Å². The Bertz CT molecular complexity index is 1400. The fourth-order valence-electron chi connectivity index (χ4n) is 4.82. The van der Waals surface area contributed by atoms with Crippen LogP contribution in [0.15, 0.2) is 42.6 Å². The topological polar surface area (TPSA) is 145 Å². The van der Waals surface area contributed by atoms with E-state index in [1.54, 1.807) is 6.07 Å². The molecule has 6 N–H and O–H groups in total. The van der Waals surface area contributed by atoms with E-state index >= 15 is 0 Å². The summed E-state index contributed by atoms with van der Waals surface area (Å²) in [6.07, 6.45) is 2.92. The third-order valence-corrected chi connectivity index (χ3v) is 7.14. The number of halogens is 2. The first-order valence-corrected chi connectivity index (χ1v) is 13.4. The van der Waals surface area contributed by atoms with Gasteiger partial charge in [-0.15, -0.1) is 0 Å². The van der Waals surface area contributed by atoms with E-state index in [1.165, 1.54) is 6.20 Å². The van der Waals surface area contributed by atoms with Crippen molar-refractivity contribution in [2.45, 2.75) is 18.9 Å². The van der Waals surface area contributed by atoms with Gasteiger partial charge in [-0.2, -0.15) is 4.98 Å². The zero-order valence-corrected chi connectivity index (χ0v) is 22.7. The van der Waals surface area contributed by atoms with Gasteiger partial charge in [-0.3, -0.25) is 10.2 Å². The van der Waals surface area contributed by atoms with Crippen LogP contribution in [0.5, 0.6) is 0 Å². The van der Waals surface area contributed by atoms with Gasteiger partial charge in [0.15, 0.2) is 0 Å². The molecule has 1 aromatic heterocycles. The van der Waals surface area contributed by atoms with Crippen molar-refractivity contribution in [1.29, 1.82) is 5.41 Å². The number of carbonyl (C=O) groups excluding carboxylic acids is 1. The predicted molar refractivity (Wildman–Crippen MR) is 154 cm³/mol. The molecular weight excluding hydrogens is 532 g/mol. The lowest BCUT2D eigenvalue weighted by atomic mass is 10.1. The normalized spacial score (nSPS) is 16.3. The maximum Gasteiger partial charge on any atom is 0.258 e. The van der Waals surface area contributed by atoms with Gasteiger partial charge >= 0.3 is 0 Å². The number of ether oxygens (including phenoxy) is 1. The Kier molecular flexibility index (Phi) is 8.55. The summed E-state index contributed by atoms with van der Waals surface area (Å²) in [6, 6.07) is 8.76. The number of nitrogens with two attached hydrogens (primary N) is 1. The van der Waals surface area contributed by atoms with Gasteiger partial charge in [0.1, 0.15) is 23.3 Å². The van der Waals surface area contributed by atoms with Crippen LogP contribution in [-0.4, -0.2) is 79.1 Å². The molecule has 2 saturated heterocycles. The standard InChI is InChI=1S/C28H33F2N9O2/c1-38-6-8-39(9-7-38)21-2-3-22(24(15-21)34-19-4-10-41-11-5-19)27(40)36-25(31)23-16-33-28(37-26(23)32)35-20-13-17(29)12-18(30)14-20/h2-3,12-16,19,34H,4-11H2,1H3,(H2,31,36,40)(H3,32,33,35,37). The van der Waals surface area contributed by atoms with Crippen molar-refractivity contribution in [3.63, 3.8) is 0 Å². The lowest BCUT2D eigenvalue weighted by Crippen LogP contribution is -2.44. The van der Waals surface area contributed by atoms with Gasteiger partial charge in [0.25, 0.3) is 5.91 Å². The molecule has 3 heterocycles. The number of likely N-dealkylation sites (N-methyl/N-ethyl adjacent to an activating group) is 1. The minimum Gasteiger partial charge on any atom is -0.383 e. The number of nitrogen functional groups attached to an aromatic ring is 1. The highest BCUT2D eigenvalue weighted by Gasteiger charge is 2.22. The second-order valence-corrected chi connectivity index (χ2v) is 10.2. The number of aromatic nitrogens is 2. The summed E-state index contributed by atoms with van der Waals surface area (Å²) < 4.78 is 32.5. The van der Waals surface area contributed by atoms with Crippen LogP contribution in [0, 0.1) is 17.0 Å². The van der Waals surface area contributed by atoms with Crippen LogP contribution in [0.25, 0.3) is 0 Å². The van der Waals surface area contributed by atoms with Crippen LogP contribution >= 0.6 is 0 Å². The quantitative estimate of drug-likeness (QED) is 0.215. The third-order valence-electron chi connectivity index (χ3n) is 7.14. The van der Waals surface area contributed by atoms with Crippen molar-refractivity contribution in [3.8, 4) is 0 Å². The molecule has 0 saturated carbocycles. The van der Waals surface area contributed by atoms with E-state index in [9.17, 15) is 13.6 Å². The van der Waals surface area contributed by atoms with E-state index in [2.05, 4.69) is 42.8 Å². The SMILES string of the molecule is CN1CCN(c2ccc(C(=O)NC(=N)c3cnc(Nc4cc(F)cc(F)c4)nc3N)c(NC3CCOCC3)c2)CC1. The number of anilines is 5. The molecule has 2 fully saturated rings. The molecule has 11 nitrogen and oxygen atoms in total. The summed E-state index contributed by atoms with van der Waals surface area (Å²) in [4.78, 5) is 26.1. The second-order valence-electron chi connectivity index (χ2n) is 10.2. The Balaban J connectivity index is 1.32. The van der Waals surface area contributed by atoms with Crippen LogP contribution in [0.4, 0.5) is 37.6 Å². The maximum absolute atomic E-state index is 13.5. The number of rotatable bonds is 7. The summed E-state index contributed by atoms with van der Waals surface area (Å²) in [6.45, 7) is 5.00. The maximum atomic E-state index is 13.5. The van der Waals surface area contributed by atoms with Gasteiger partial charge in [0.05, 0.1) is 11.1 Å². The highest BCUT2D eigenvalue weighted by atomic mass is 19.1. The lowest BCUT2D eigenvalue weighted by molar-refractivity contribution is 0.0904. The molecule has 13 heteroatoms. The van der Waals surface area contributed by atoms with E-state index < -0.39 is 17.5 Å². The summed E-state index contributed by atoms with van der Waals surface area (Å²) in [5, 5.41) is 17.3. The zero-order valence-electron chi connectivity index (χ0n) is 22.7. The third kappa shape index (κ3) is 7.05. The Morgan fingerprint density at radius 2 is 1.76 bits per heavy atom. The van der Waals surface area contributed by atoms with Gasteiger partial charge in [0.2, 0.25) is 5.95 Å². The fourth-order valence-corrected chi connectivity index (χ4v) is 4.82. The molecule has 3 aromatic rings. The van der Waals surface area contributed by atoms with Crippen LogP contribution in [0.2, 0.25) is 0 Å². The van der Waals surface area contributed by atoms with Gasteiger partial charge in [0, 0.05) is 74.8 Å². The van der Waals surface area contributed by atoms with Gasteiger partial charge in [-0.1, -0.05) is 0 Å². The molecule has 0 atom stereocenters. The number of benzene rings is 2. The molecule has 1 amide bonds. The van der Waals surface area contributed by atoms with Gasteiger partial charge < -0.3 is 36.2 Å². The number of piperazine rings is 1. The number of hydrogen-bond donors (Lipinski definition) is 5. The summed E-state index contributed by atoms with van der Waals surface area (Å²) >= 11 is 0. The molecule has 2 aliphatic rings. The first-order valence-electron chi connectivity index (χ1n) is 13.4. The van der Waals surface area contributed by atoms with Crippen molar-refractivity contribution in [1.82, 2.24) is 20.2 Å². The van der Waals surface area contributed by atoms with Crippen molar-refractivity contribution in [2.24, 2.45) is 0 Å². The monoisotopic (exact) mass is 565 g/mol. The smallest absolute Gasteiger partial charge is 0.258 e. The molecule has 216 valence electrons. The second kappa shape index (κ2) is 12.4. The highest BCUT2D eigenvalue weighted by molar-refractivity contribution is 6.14. The van der Waals surface area contributed by atoms with E-state index in [0.717, 1.165) is 62.9 Å². The van der Waals surface area contributed by atoms with Gasteiger partial charge in [-0.05, 0) is 50.2 Å². The first kappa shape index (κ1) is 28.2. The molecule has 2 aliphatic heterocycles. The molecule has 2 aromatic carbocycles. The van der Waals surface area contributed by atoms with E-state index in [0.29, 0.717) is 24.5 Å². The fraction of sp³-hybridized carbons (Fsp3) is 0.357. The average Bonchev–Trinajstić information content (AvgIpc) is 2.93. The summed E-state index contributed by atoms with van der Waals surface area (Å²) in [5.74, 6) is -2.39. The number of amidine groups is 1. The number of carbonyl (C=O) groups is 1. The van der Waals surface area contributed by atoms with E-state index in [-0.39, 0.29) is 34.9 Å². The van der Waals surface area contributed by atoms with Gasteiger partial charge in [-0.25, -0.2) is 13.8 Å². The van der Waals surface area contributed by atoms with Crippen LogP contribution in [0.3, 0.4) is 0 Å². The minimum atomic E-state index is -0.760. The zero-order chi connectivity index (χ0) is 28.9. The lowest BCUT2D eigenvalue weighted by Gasteiger charge is -2.34. The number of hydrogen-bond acceptors (Lipinski definition) is 10. The van der Waals surface area contributed by atoms with Crippen LogP contribution in [-0.2, 0) is 4.74 Å². The summed E-state index contributed by atoms with van der Waals surface area (Å²) in [5.41, 5.74) is 8.35. The Morgan fingerprint density at radius 3 is 2.44 bits per heavy atom. The largest absolute Gasteiger partial charge is 0.383 e. The predicted octanol–water partition coefficient (Wildman–Crippen LogP) is 3.18. The minimum absolute atomic E-state index is 0.0159. The summed E-state index contributed by atoms with van der Waals surface area (Å²) in [7, 11) is 2.10. The van der Waals surface area contributed by atoms with E-state index in [4.69, 9.17) is 15.9 Å². The molecule has 0 unspecified atom stereocenters. The molecule has 0 bridgehead atoms. The molecule has 0 radical (unpaired) electrons. The molecule has 0 spiro atoms. The number of amides is 1. The van der Waals surface area contributed by atoms with Crippen molar-refractivity contribution in [3.05, 3.63) is 65.4 Å². The Morgan fingerprint density at radius 1 is 1.05 bits per heavy atom. The molecule has 5 rings (SSSR count). The van der Waals surface area contributed by atoms with Crippen molar-refractivity contribution < 1.29 is 18.3 Å². The molecule has 0 aliphatic carbocycles. The Labute approximate surface area is 236 Å². The Hall–Kier alpha value is -4.36. The number of nitrogens with one attached hydrogen (secondary N) is 4. The molecule has 41 heavy (non-hydrogen) atoms. The average molecular weight is 566 g/mol. The molecular formula is C28H33F2N9O2.